The highest BCUT2D eigenvalue weighted by atomic mass is 32.1. The number of rotatable bonds is 2. The Morgan fingerprint density at radius 2 is 2.50 bits per heavy atom. The summed E-state index contributed by atoms with van der Waals surface area (Å²) >= 11 is 7.07. The van der Waals surface area contributed by atoms with Gasteiger partial charge in [0.15, 0.2) is 10.6 Å². The smallest absolute Gasteiger partial charge is 0.196 e. The third kappa shape index (κ3) is 1.94. The molecule has 1 aliphatic rings. The Hall–Kier alpha value is -0.980. The first-order valence-electron chi connectivity index (χ1n) is 6.00. The van der Waals surface area contributed by atoms with Crippen molar-refractivity contribution in [3.8, 4) is 10.7 Å². The van der Waals surface area contributed by atoms with Crippen LogP contribution in [0.4, 0.5) is 0 Å². The van der Waals surface area contributed by atoms with Crippen LogP contribution in [0.2, 0.25) is 0 Å². The number of thiophene rings is 1. The normalized spacial score (nSPS) is 24.3. The van der Waals surface area contributed by atoms with Gasteiger partial charge in [-0.3, -0.25) is 9.67 Å². The standard InChI is InChI=1S/C12H15N3OS2/c1-12(5-3-6-16-8-12)15-10(13-14-11(15)17)9-4-2-7-18-9/h2,4,7H,3,5-6,8H2,1H3,(H,14,17). The van der Waals surface area contributed by atoms with E-state index in [1.165, 1.54) is 0 Å². The minimum Gasteiger partial charge on any atom is -0.379 e. The second kappa shape index (κ2) is 4.60. The maximum atomic E-state index is 5.63. The van der Waals surface area contributed by atoms with Crippen LogP contribution < -0.4 is 0 Å². The molecule has 0 spiro atoms. The zero-order chi connectivity index (χ0) is 12.6. The van der Waals surface area contributed by atoms with E-state index in [1.54, 1.807) is 11.3 Å². The minimum absolute atomic E-state index is 0.0956. The van der Waals surface area contributed by atoms with Crippen molar-refractivity contribution in [3.05, 3.63) is 22.3 Å². The van der Waals surface area contributed by atoms with Crippen LogP contribution in [0.3, 0.4) is 0 Å². The molecule has 0 aromatic carbocycles. The van der Waals surface area contributed by atoms with E-state index in [0.717, 1.165) is 30.2 Å². The third-order valence-electron chi connectivity index (χ3n) is 3.37. The van der Waals surface area contributed by atoms with Crippen LogP contribution in [-0.2, 0) is 10.3 Å². The fraction of sp³-hybridized carbons (Fsp3) is 0.500. The molecule has 0 bridgehead atoms. The topological polar surface area (TPSA) is 42.8 Å². The van der Waals surface area contributed by atoms with Crippen LogP contribution in [0.5, 0.6) is 0 Å². The SMILES string of the molecule is CC1(n2c(-c3cccs3)n[nH]c2=S)CCCOC1. The van der Waals surface area contributed by atoms with Crippen molar-refractivity contribution in [3.63, 3.8) is 0 Å². The number of hydrogen-bond acceptors (Lipinski definition) is 4. The highest BCUT2D eigenvalue weighted by Gasteiger charge is 2.33. The molecule has 96 valence electrons. The molecule has 4 nitrogen and oxygen atoms in total. The molecule has 0 amide bonds. The lowest BCUT2D eigenvalue weighted by molar-refractivity contribution is 0.00953. The van der Waals surface area contributed by atoms with Gasteiger partial charge in [0.25, 0.3) is 0 Å². The summed E-state index contributed by atoms with van der Waals surface area (Å²) in [5.74, 6) is 0.919. The molecule has 0 aliphatic carbocycles. The van der Waals surface area contributed by atoms with Gasteiger partial charge in [0.1, 0.15) is 0 Å². The van der Waals surface area contributed by atoms with Crippen LogP contribution in [-0.4, -0.2) is 28.0 Å². The van der Waals surface area contributed by atoms with Crippen LogP contribution in [0.15, 0.2) is 17.5 Å². The van der Waals surface area contributed by atoms with Gasteiger partial charge in [-0.05, 0) is 43.4 Å². The number of nitrogens with one attached hydrogen (secondary N) is 1. The molecule has 1 fully saturated rings. The fourth-order valence-electron chi connectivity index (χ4n) is 2.46. The molecule has 2 aromatic rings. The fourth-order valence-corrected chi connectivity index (χ4v) is 3.52. The molecule has 0 saturated carbocycles. The molecule has 18 heavy (non-hydrogen) atoms. The second-order valence-corrected chi connectivity index (χ2v) is 6.15. The van der Waals surface area contributed by atoms with E-state index in [9.17, 15) is 0 Å². The summed E-state index contributed by atoms with van der Waals surface area (Å²) in [5.41, 5.74) is -0.0956. The molecule has 1 unspecified atom stereocenters. The largest absolute Gasteiger partial charge is 0.379 e. The van der Waals surface area contributed by atoms with Crippen molar-refractivity contribution in [1.82, 2.24) is 14.8 Å². The molecule has 1 atom stereocenters. The predicted octanol–water partition coefficient (Wildman–Crippen LogP) is 3.19. The first kappa shape index (κ1) is 12.1. The van der Waals surface area contributed by atoms with E-state index >= 15 is 0 Å². The van der Waals surface area contributed by atoms with E-state index in [0.29, 0.717) is 11.4 Å². The molecule has 3 heterocycles. The Morgan fingerprint density at radius 3 is 3.17 bits per heavy atom. The third-order valence-corrected chi connectivity index (χ3v) is 4.51. The van der Waals surface area contributed by atoms with Crippen molar-refractivity contribution >= 4 is 23.6 Å². The van der Waals surface area contributed by atoms with Gasteiger partial charge in [-0.2, -0.15) is 5.10 Å². The van der Waals surface area contributed by atoms with E-state index in [2.05, 4.69) is 33.1 Å². The van der Waals surface area contributed by atoms with E-state index < -0.39 is 0 Å². The average Bonchev–Trinajstić information content (AvgIpc) is 2.98. The van der Waals surface area contributed by atoms with Gasteiger partial charge in [-0.1, -0.05) is 6.07 Å². The van der Waals surface area contributed by atoms with Crippen molar-refractivity contribution in [1.29, 1.82) is 0 Å². The van der Waals surface area contributed by atoms with Crippen molar-refractivity contribution in [2.75, 3.05) is 13.2 Å². The number of aromatic nitrogens is 3. The maximum Gasteiger partial charge on any atom is 0.196 e. The van der Waals surface area contributed by atoms with Crippen LogP contribution in [0.1, 0.15) is 19.8 Å². The van der Waals surface area contributed by atoms with Crippen LogP contribution in [0.25, 0.3) is 10.7 Å². The minimum atomic E-state index is -0.0956. The van der Waals surface area contributed by atoms with E-state index in [1.807, 2.05) is 6.07 Å². The van der Waals surface area contributed by atoms with E-state index in [-0.39, 0.29) is 5.54 Å². The first-order valence-corrected chi connectivity index (χ1v) is 7.29. The van der Waals surface area contributed by atoms with Crippen LogP contribution in [0, 0.1) is 4.77 Å². The van der Waals surface area contributed by atoms with Gasteiger partial charge in [-0.25, -0.2) is 0 Å². The summed E-state index contributed by atoms with van der Waals surface area (Å²) in [4.78, 5) is 1.13. The Morgan fingerprint density at radius 1 is 1.61 bits per heavy atom. The summed E-state index contributed by atoms with van der Waals surface area (Å²) in [6, 6.07) is 4.10. The summed E-state index contributed by atoms with van der Waals surface area (Å²) in [6.45, 7) is 3.73. The molecule has 1 aliphatic heterocycles. The quantitative estimate of drug-likeness (QED) is 0.860. The molecule has 3 rings (SSSR count). The van der Waals surface area contributed by atoms with Crippen molar-refractivity contribution < 1.29 is 4.74 Å². The van der Waals surface area contributed by atoms with Gasteiger partial charge in [-0.15, -0.1) is 11.3 Å². The Balaban J connectivity index is 2.11. The summed E-state index contributed by atoms with van der Waals surface area (Å²) in [7, 11) is 0. The van der Waals surface area contributed by atoms with Crippen LogP contribution >= 0.6 is 23.6 Å². The summed E-state index contributed by atoms with van der Waals surface area (Å²) < 4.78 is 8.42. The number of aromatic amines is 1. The molecule has 2 aromatic heterocycles. The number of ether oxygens (including phenoxy) is 1. The molecule has 1 N–H and O–H groups in total. The van der Waals surface area contributed by atoms with Gasteiger partial charge in [0.05, 0.1) is 17.0 Å². The Bertz CT molecular complexity index is 579. The maximum absolute atomic E-state index is 5.63. The Kier molecular flexibility index (Phi) is 3.09. The van der Waals surface area contributed by atoms with Gasteiger partial charge in [0, 0.05) is 6.61 Å². The average molecular weight is 281 g/mol. The highest BCUT2D eigenvalue weighted by Crippen LogP contribution is 2.33. The zero-order valence-corrected chi connectivity index (χ0v) is 11.8. The molecular formula is C12H15N3OS2. The molecule has 6 heteroatoms. The van der Waals surface area contributed by atoms with Crippen molar-refractivity contribution in [2.24, 2.45) is 0 Å². The highest BCUT2D eigenvalue weighted by molar-refractivity contribution is 7.71. The monoisotopic (exact) mass is 281 g/mol. The van der Waals surface area contributed by atoms with Gasteiger partial charge >= 0.3 is 0 Å². The van der Waals surface area contributed by atoms with Gasteiger partial charge in [0.2, 0.25) is 0 Å². The summed E-state index contributed by atoms with van der Waals surface area (Å²) in [5, 5.41) is 9.35. The molecule has 1 saturated heterocycles. The number of nitrogens with zero attached hydrogens (tertiary/aromatic N) is 2. The predicted molar refractivity (Wildman–Crippen MR) is 74.4 cm³/mol. The molecule has 0 radical (unpaired) electrons. The lowest BCUT2D eigenvalue weighted by Crippen LogP contribution is -2.39. The lowest BCUT2D eigenvalue weighted by atomic mass is 9.94. The lowest BCUT2D eigenvalue weighted by Gasteiger charge is -2.35. The number of H-pyrrole nitrogens is 1. The zero-order valence-electron chi connectivity index (χ0n) is 10.2. The van der Waals surface area contributed by atoms with Crippen molar-refractivity contribution in [2.45, 2.75) is 25.3 Å². The Labute approximate surface area is 115 Å². The van der Waals surface area contributed by atoms with E-state index in [4.69, 9.17) is 17.0 Å². The molecular weight excluding hydrogens is 266 g/mol. The second-order valence-electron chi connectivity index (χ2n) is 4.82. The summed E-state index contributed by atoms with van der Waals surface area (Å²) in [6.07, 6.45) is 2.13. The van der Waals surface area contributed by atoms with Gasteiger partial charge < -0.3 is 4.74 Å². The first-order chi connectivity index (χ1) is 8.71. The number of hydrogen-bond donors (Lipinski definition) is 1.